The number of nitrogens with two attached hydrogens (primary N) is 1. The van der Waals surface area contributed by atoms with Crippen LogP contribution in [-0.4, -0.2) is 226 Å². The number of carboxylic acids is 1. The van der Waals surface area contributed by atoms with Crippen molar-refractivity contribution in [2.45, 2.75) is 126 Å². The van der Waals surface area contributed by atoms with E-state index in [1.54, 1.807) is 58.3 Å². The number of rotatable bonds is 41. The predicted octanol–water partition coefficient (Wildman–Crippen LogP) is 14.0. The number of phosphoric acid groups is 3. The number of nitrogens with zero attached hydrogens (tertiary/aromatic N) is 8. The third-order valence-corrected chi connectivity index (χ3v) is 29.4. The number of aromatic carboxylic acids is 1. The number of unbranched alkanes of at least 4 members (excludes halogenated alkanes) is 4. The Morgan fingerprint density at radius 1 is 0.674 bits per heavy atom. The molecule has 141 heavy (non-hydrogen) atoms. The lowest BCUT2D eigenvalue weighted by molar-refractivity contribution is -0.384. The van der Waals surface area contributed by atoms with Crippen LogP contribution in [0.15, 0.2) is 168 Å². The minimum Gasteiger partial charge on any atom is -0.508 e. The van der Waals surface area contributed by atoms with Crippen molar-refractivity contribution in [3.05, 3.63) is 229 Å². The molecule has 46 heteroatoms. The zero-order chi connectivity index (χ0) is 99.5. The zero-order valence-corrected chi connectivity index (χ0v) is 79.6. The average molecular weight is 2010 g/mol. The fourth-order valence-corrected chi connectivity index (χ4v) is 22.0. The Morgan fingerprint density at radius 3 is 1.91 bits per heavy atom. The van der Waals surface area contributed by atoms with Gasteiger partial charge in [0, 0.05) is 174 Å². The number of nitro benzene ring substituents is 1. The normalized spacial score (nSPS) is 20.0. The fourth-order valence-electron chi connectivity index (χ4n) is 19.1. The number of carboxylic acid groups (broad SMARTS) is 1. The summed E-state index contributed by atoms with van der Waals surface area (Å²) >= 11 is 6.16. The number of aliphatic hydroxyl groups is 1. The highest BCUT2D eigenvalue weighted by Gasteiger charge is 2.45. The molecule has 13 N–H and O–H groups in total. The van der Waals surface area contributed by atoms with Gasteiger partial charge in [0.1, 0.15) is 54.0 Å². The molecule has 17 rings (SSSR count). The summed E-state index contributed by atoms with van der Waals surface area (Å²) in [6.45, 7) is -0.898. The van der Waals surface area contributed by atoms with Crippen molar-refractivity contribution in [1.29, 1.82) is 0 Å². The number of phenols is 1. The number of hydrogen-bond donors (Lipinski definition) is 12. The Balaban J connectivity index is 0.486. The highest BCUT2D eigenvalue weighted by Crippen LogP contribution is 2.53. The molecule has 738 valence electrons. The molecular weight excluding hydrogens is 1910 g/mol. The number of benzene rings is 7. The number of aliphatic hydroxyl groups excluding tert-OH is 1. The summed E-state index contributed by atoms with van der Waals surface area (Å²) in [6, 6.07) is 33.3. The maximum atomic E-state index is 14.6. The zero-order valence-electron chi connectivity index (χ0n) is 76.1. The van der Waals surface area contributed by atoms with E-state index >= 15 is 0 Å². The second-order valence-corrected chi connectivity index (χ2v) is 40.3. The van der Waals surface area contributed by atoms with Crippen molar-refractivity contribution in [3.8, 4) is 11.5 Å². The summed E-state index contributed by atoms with van der Waals surface area (Å²) in [6.07, 6.45) is 4.79. The van der Waals surface area contributed by atoms with Crippen LogP contribution in [0.2, 0.25) is 5.02 Å². The van der Waals surface area contributed by atoms with Crippen LogP contribution in [0.1, 0.15) is 157 Å². The SMILES string of the molecule is [B]C1CC(OP(=O)(O)OC[C@@H]2C[C@H](O)CN2C(=O)CCCN(C)c2ccc(N=Nc3ccc([N+](=O)[O-])cc3Cl)cc2)C(COP(=O)(O)OCC(CCCCNC(=O)c2cc3c4c(ccc3[nH]2)N(C(=O)c2cc3c5c(ccc3[nH]2)N(C(=O)c2cc3c6c(ccc3[nH]2)N(C(N)=O)CC6)CC5)CC4)COP(=O)(O)OCCCCCCNC(=O)c2ccc(C(=O)O)c(C3c4ccc(O)cc4OC4=CC(=O)C=CC43)c2)O1. The number of amides is 7. The van der Waals surface area contributed by atoms with Crippen molar-refractivity contribution < 1.29 is 124 Å². The van der Waals surface area contributed by atoms with Gasteiger partial charge < -0.3 is 90.4 Å². The van der Waals surface area contributed by atoms with Crippen LogP contribution in [-0.2, 0) is 74.4 Å². The number of nitro groups is 1. The van der Waals surface area contributed by atoms with Gasteiger partial charge in [-0.25, -0.2) is 23.3 Å². The fraction of sp³-hybridized carbons (Fsp3) is 0.368. The number of urea groups is 1. The third kappa shape index (κ3) is 23.0. The van der Waals surface area contributed by atoms with Gasteiger partial charge in [0.15, 0.2) is 5.78 Å². The van der Waals surface area contributed by atoms with Crippen LogP contribution in [0.5, 0.6) is 11.5 Å². The number of H-pyrrole nitrogens is 3. The van der Waals surface area contributed by atoms with Gasteiger partial charge in [-0.15, -0.1) is 5.11 Å². The molecular formula is C95H101BClN14O27P3. The Kier molecular flexibility index (Phi) is 30.3. The lowest BCUT2D eigenvalue weighted by atomic mass is 9.74. The number of allylic oxidation sites excluding steroid dienone is 3. The van der Waals surface area contributed by atoms with Crippen molar-refractivity contribution in [2.75, 3.05) is 105 Å². The van der Waals surface area contributed by atoms with Crippen LogP contribution in [0.3, 0.4) is 0 Å². The van der Waals surface area contributed by atoms with Gasteiger partial charge in [-0.1, -0.05) is 43.0 Å². The largest absolute Gasteiger partial charge is 0.508 e. The first kappa shape index (κ1) is 100.0. The number of likely N-dealkylation sites (tertiary alicyclic amines) is 1. The van der Waals surface area contributed by atoms with Gasteiger partial charge in [-0.2, -0.15) is 5.11 Å². The van der Waals surface area contributed by atoms with Crippen molar-refractivity contribution in [2.24, 2.45) is 27.8 Å². The molecule has 2 radical (unpaired) electrons. The van der Waals surface area contributed by atoms with E-state index in [-0.39, 0.29) is 144 Å². The molecule has 9 unspecified atom stereocenters. The van der Waals surface area contributed by atoms with E-state index in [0.717, 1.165) is 60.9 Å². The standard InChI is InChI=1S/C95H101BClN14O27P3/c1-106(56-14-12-55(13-15-56)104-105-76-22-16-57(111(123)124)41-72(76)97)34-8-10-88(115)110-48-61(114)40-58(110)51-134-141(129,130)138-85-47-87(96)137-86(85)52-135-140(127,128)133-50-53(49-132-139(125,126)131-38-7-3-2-5-32-99-90(116)54-11-19-65(94(120)121)71(39-54)89-66-20-17-59(112)42-83(66)136-84-43-60(113)18-21-67(84)89)9-4-6-33-100-91(117)77-44-68-62-29-35-107(80(62)26-23-73(68)101-77)92(118)78-45-69-63-30-36-108(81(63)27-24-74(69)102-78)93(119)79-46-70-64-31-37-109(95(98)122)82(64)28-25-75(70)103-79/h11-28,39,41-46,53,58,61,66,85-87,89,101-103,113-114H,2-10,29-38,40,47-52H2,1H3,(H2,98,122)(H,99,116)(H,100,117)(H,120,121)(H,125,126)(H,127,128)(H,129,130)/t53?,58-,61-,66?,85?,86?,87?,89?/m0/s1. The Labute approximate surface area is 812 Å². The Morgan fingerprint density at radius 2 is 1.28 bits per heavy atom. The molecule has 41 nitrogen and oxygen atoms in total. The highest BCUT2D eigenvalue weighted by molar-refractivity contribution is 7.48. The quantitative estimate of drug-likeness (QED) is 0.00423. The van der Waals surface area contributed by atoms with Crippen LogP contribution in [0, 0.1) is 22.0 Å². The van der Waals surface area contributed by atoms with Gasteiger partial charge in [-0.05, 0) is 202 Å². The average Bonchev–Trinajstić information content (AvgIpc) is 1.73. The molecule has 7 aromatic carbocycles. The summed E-state index contributed by atoms with van der Waals surface area (Å²) < 4.78 is 85.2. The minimum absolute atomic E-state index is 0.00754. The molecule has 0 saturated carbocycles. The lowest BCUT2D eigenvalue weighted by Gasteiger charge is -2.35. The first-order chi connectivity index (χ1) is 67.5. The maximum absolute atomic E-state index is 14.6. The second-order valence-electron chi connectivity index (χ2n) is 35.5. The molecule has 6 aliphatic heterocycles. The first-order valence-electron chi connectivity index (χ1n) is 46.0. The monoisotopic (exact) mass is 2010 g/mol. The number of aromatic hydroxyl groups is 1. The number of carbonyl (C=O) groups is 8. The first-order valence-corrected chi connectivity index (χ1v) is 50.9. The van der Waals surface area contributed by atoms with Crippen LogP contribution < -0.4 is 40.7 Å². The summed E-state index contributed by atoms with van der Waals surface area (Å²) in [7, 11) is -7.07. The molecule has 2 saturated heterocycles. The maximum Gasteiger partial charge on any atom is 0.472 e. The molecule has 7 aliphatic rings. The van der Waals surface area contributed by atoms with Crippen molar-refractivity contribution in [3.63, 3.8) is 0 Å². The number of halogens is 1. The number of aromatic amines is 3. The minimum atomic E-state index is -5.11. The lowest BCUT2D eigenvalue weighted by Crippen LogP contribution is -2.38. The summed E-state index contributed by atoms with van der Waals surface area (Å²) in [5.74, 6) is -5.28. The summed E-state index contributed by atoms with van der Waals surface area (Å²) in [5, 5.41) is 58.9. The van der Waals surface area contributed by atoms with Gasteiger partial charge in [0.05, 0.1) is 72.5 Å². The number of ketones is 1. The number of β-amino-alcohol motifs (C(OH)–C–C–N with tert-alkyl or cyclic N) is 1. The van der Waals surface area contributed by atoms with Crippen molar-refractivity contribution >= 4 is 163 Å². The topological polar surface area (TPSA) is 565 Å². The highest BCUT2D eigenvalue weighted by atomic mass is 35.5. The van der Waals surface area contributed by atoms with Gasteiger partial charge in [0.2, 0.25) is 5.91 Å². The number of nitrogens with one attached hydrogen (secondary N) is 5. The van der Waals surface area contributed by atoms with Crippen LogP contribution >= 0.6 is 35.1 Å². The van der Waals surface area contributed by atoms with Gasteiger partial charge >= 0.3 is 35.5 Å². The number of azo groups is 1. The second kappa shape index (κ2) is 42.7. The molecule has 9 heterocycles. The van der Waals surface area contributed by atoms with Crippen molar-refractivity contribution in [1.82, 2.24) is 30.5 Å². The molecule has 0 spiro atoms. The van der Waals surface area contributed by atoms with E-state index in [9.17, 15) is 92.2 Å². The molecule has 11 atom stereocenters. The smallest absolute Gasteiger partial charge is 0.472 e. The number of hydrogen-bond acceptors (Lipinski definition) is 26. The molecule has 3 aromatic heterocycles. The number of phosphoric ester groups is 3. The molecule has 7 amide bonds. The number of aromatic nitrogens is 3. The molecule has 1 aliphatic carbocycles. The Bertz CT molecular complexity index is 6830. The van der Waals surface area contributed by atoms with E-state index in [2.05, 4.69) is 35.8 Å². The van der Waals surface area contributed by atoms with E-state index < -0.39 is 127 Å². The molecule has 2 fully saturated rings. The number of phenolic OH excluding ortho intramolecular Hbond substituents is 1. The third-order valence-electron chi connectivity index (χ3n) is 26.2. The van der Waals surface area contributed by atoms with E-state index in [1.165, 1.54) is 70.5 Å². The number of ether oxygens (including phenoxy) is 2. The number of primary amides is 1. The Hall–Kier alpha value is -12.6. The summed E-state index contributed by atoms with van der Waals surface area (Å²) in [5.41, 5.74) is 15.8. The summed E-state index contributed by atoms with van der Waals surface area (Å²) in [4.78, 5) is 169. The molecule has 10 aromatic rings. The predicted molar refractivity (Wildman–Crippen MR) is 517 cm³/mol. The van der Waals surface area contributed by atoms with Crippen LogP contribution in [0.4, 0.5) is 44.6 Å². The number of anilines is 4. The number of carbonyl (C=O) groups excluding carboxylic acids is 7. The van der Waals surface area contributed by atoms with E-state index in [4.69, 9.17) is 61.8 Å². The van der Waals surface area contributed by atoms with Gasteiger partial charge in [-0.3, -0.25) is 70.9 Å². The number of fused-ring (bicyclic) bond motifs is 11. The van der Waals surface area contributed by atoms with Crippen LogP contribution in [0.25, 0.3) is 32.7 Å². The molecule has 0 bridgehead atoms. The van der Waals surface area contributed by atoms with E-state index in [0.29, 0.717) is 111 Å². The van der Waals surface area contributed by atoms with E-state index in [1.807, 2.05) is 54.4 Å². The number of non-ortho nitro benzene ring substituents is 1. The van der Waals surface area contributed by atoms with Gasteiger partial charge in [0.25, 0.3) is 29.3 Å².